The average molecular weight is 279 g/mol. The lowest BCUT2D eigenvalue weighted by Gasteiger charge is -2.40. The molecule has 1 heterocycles. The van der Waals surface area contributed by atoms with Crippen molar-refractivity contribution in [2.24, 2.45) is 5.73 Å². The minimum Gasteiger partial charge on any atom is -0.381 e. The summed E-state index contributed by atoms with van der Waals surface area (Å²) in [6.45, 7) is 3.19. The molecule has 20 heavy (non-hydrogen) atoms. The predicted molar refractivity (Wildman–Crippen MR) is 78.1 cm³/mol. The van der Waals surface area contributed by atoms with Crippen molar-refractivity contribution >= 4 is 11.4 Å². The lowest BCUT2D eigenvalue weighted by Crippen LogP contribution is -2.48. The predicted octanol–water partition coefficient (Wildman–Crippen LogP) is 1.85. The van der Waals surface area contributed by atoms with Crippen LogP contribution in [0, 0.1) is 17.0 Å². The number of hydrogen-bond donors (Lipinski definition) is 1. The Kier molecular flexibility index (Phi) is 4.57. The number of nitrogens with zero attached hydrogens (tertiary/aromatic N) is 2. The molecule has 1 aromatic rings. The van der Waals surface area contributed by atoms with Crippen molar-refractivity contribution in [2.45, 2.75) is 31.9 Å². The van der Waals surface area contributed by atoms with E-state index >= 15 is 0 Å². The Labute approximate surface area is 118 Å². The standard InChI is InChI=1S/C14H21N3O3/c1-10-5-11(7-12(6-10)17(18)19)16-4-3-14(20-2)8-13(16)9-15/h5-7,13-14H,3-4,8-9,15H2,1-2H3. The molecule has 2 N–H and O–H groups in total. The van der Waals surface area contributed by atoms with Gasteiger partial charge in [-0.05, 0) is 31.4 Å². The van der Waals surface area contributed by atoms with Gasteiger partial charge in [-0.2, -0.15) is 0 Å². The fourth-order valence-corrected chi connectivity index (χ4v) is 2.81. The highest BCUT2D eigenvalue weighted by atomic mass is 16.6. The number of hydrogen-bond acceptors (Lipinski definition) is 5. The molecule has 110 valence electrons. The molecular weight excluding hydrogens is 258 g/mol. The number of rotatable bonds is 4. The van der Waals surface area contributed by atoms with E-state index in [0.717, 1.165) is 30.6 Å². The van der Waals surface area contributed by atoms with Gasteiger partial charge < -0.3 is 15.4 Å². The van der Waals surface area contributed by atoms with Crippen LogP contribution in [0.2, 0.25) is 0 Å². The molecular formula is C14H21N3O3. The number of nitro groups is 1. The summed E-state index contributed by atoms with van der Waals surface area (Å²) in [7, 11) is 1.71. The number of non-ortho nitro benzene ring substituents is 1. The van der Waals surface area contributed by atoms with Crippen LogP contribution in [-0.2, 0) is 4.74 Å². The molecule has 0 aromatic heterocycles. The number of ether oxygens (including phenoxy) is 1. The number of benzene rings is 1. The Morgan fingerprint density at radius 1 is 1.50 bits per heavy atom. The second-order valence-corrected chi connectivity index (χ2v) is 5.25. The Balaban J connectivity index is 2.28. The third kappa shape index (κ3) is 3.08. The quantitative estimate of drug-likeness (QED) is 0.672. The zero-order valence-electron chi connectivity index (χ0n) is 11.9. The van der Waals surface area contributed by atoms with E-state index in [4.69, 9.17) is 10.5 Å². The van der Waals surface area contributed by atoms with Gasteiger partial charge in [0.05, 0.1) is 11.0 Å². The lowest BCUT2D eigenvalue weighted by molar-refractivity contribution is -0.384. The molecule has 0 radical (unpaired) electrons. The summed E-state index contributed by atoms with van der Waals surface area (Å²) in [5, 5.41) is 11.0. The molecule has 1 saturated heterocycles. The Bertz CT molecular complexity index is 493. The maximum atomic E-state index is 11.0. The number of aryl methyl sites for hydroxylation is 1. The van der Waals surface area contributed by atoms with Crippen LogP contribution >= 0.6 is 0 Å². The third-order valence-electron chi connectivity index (χ3n) is 3.86. The van der Waals surface area contributed by atoms with Crippen LogP contribution in [0.4, 0.5) is 11.4 Å². The highest BCUT2D eigenvalue weighted by Crippen LogP contribution is 2.29. The third-order valence-corrected chi connectivity index (χ3v) is 3.86. The fraction of sp³-hybridized carbons (Fsp3) is 0.571. The summed E-state index contributed by atoms with van der Waals surface area (Å²) < 4.78 is 5.40. The summed E-state index contributed by atoms with van der Waals surface area (Å²) in [5.74, 6) is 0. The van der Waals surface area contributed by atoms with E-state index in [2.05, 4.69) is 4.90 Å². The maximum Gasteiger partial charge on any atom is 0.271 e. The first kappa shape index (κ1) is 14.7. The molecule has 2 atom stereocenters. The zero-order valence-corrected chi connectivity index (χ0v) is 11.9. The van der Waals surface area contributed by atoms with E-state index < -0.39 is 0 Å². The number of anilines is 1. The number of nitrogens with two attached hydrogens (primary N) is 1. The summed E-state index contributed by atoms with van der Waals surface area (Å²) in [4.78, 5) is 12.8. The van der Waals surface area contributed by atoms with Gasteiger partial charge in [-0.15, -0.1) is 0 Å². The number of methoxy groups -OCH3 is 1. The van der Waals surface area contributed by atoms with Crippen molar-refractivity contribution in [2.75, 3.05) is 25.1 Å². The molecule has 1 fully saturated rings. The fourth-order valence-electron chi connectivity index (χ4n) is 2.81. The molecule has 6 nitrogen and oxygen atoms in total. The van der Waals surface area contributed by atoms with Crippen molar-refractivity contribution in [1.82, 2.24) is 0 Å². The summed E-state index contributed by atoms with van der Waals surface area (Å²) in [6, 6.07) is 5.35. The molecule has 0 amide bonds. The van der Waals surface area contributed by atoms with Crippen LogP contribution in [0.15, 0.2) is 18.2 Å². The van der Waals surface area contributed by atoms with Gasteiger partial charge in [0.25, 0.3) is 5.69 Å². The molecule has 0 spiro atoms. The monoisotopic (exact) mass is 279 g/mol. The van der Waals surface area contributed by atoms with E-state index in [-0.39, 0.29) is 22.8 Å². The van der Waals surface area contributed by atoms with Gasteiger partial charge in [-0.3, -0.25) is 10.1 Å². The smallest absolute Gasteiger partial charge is 0.271 e. The average Bonchev–Trinajstić information content (AvgIpc) is 2.45. The zero-order chi connectivity index (χ0) is 14.7. The summed E-state index contributed by atoms with van der Waals surface area (Å²) in [5.41, 5.74) is 7.75. The highest BCUT2D eigenvalue weighted by molar-refractivity contribution is 5.56. The van der Waals surface area contributed by atoms with Crippen molar-refractivity contribution in [3.8, 4) is 0 Å². The largest absolute Gasteiger partial charge is 0.381 e. The minimum absolute atomic E-state index is 0.129. The van der Waals surface area contributed by atoms with Crippen LogP contribution in [-0.4, -0.2) is 37.3 Å². The first-order chi connectivity index (χ1) is 9.55. The number of nitro benzene ring substituents is 1. The minimum atomic E-state index is -0.351. The second-order valence-electron chi connectivity index (χ2n) is 5.25. The van der Waals surface area contributed by atoms with E-state index in [9.17, 15) is 10.1 Å². The van der Waals surface area contributed by atoms with Crippen LogP contribution < -0.4 is 10.6 Å². The van der Waals surface area contributed by atoms with Crippen molar-refractivity contribution < 1.29 is 9.66 Å². The molecule has 1 aromatic carbocycles. The van der Waals surface area contributed by atoms with Crippen LogP contribution in [0.25, 0.3) is 0 Å². The normalized spacial score (nSPS) is 22.9. The molecule has 0 saturated carbocycles. The lowest BCUT2D eigenvalue weighted by atomic mass is 9.98. The van der Waals surface area contributed by atoms with Crippen LogP contribution in [0.5, 0.6) is 0 Å². The van der Waals surface area contributed by atoms with Gasteiger partial charge in [0, 0.05) is 44.1 Å². The first-order valence-corrected chi connectivity index (χ1v) is 6.80. The molecule has 6 heteroatoms. The van der Waals surface area contributed by atoms with Gasteiger partial charge in [0.2, 0.25) is 0 Å². The molecule has 1 aliphatic heterocycles. The second kappa shape index (κ2) is 6.19. The van der Waals surface area contributed by atoms with E-state index in [1.165, 1.54) is 0 Å². The molecule has 2 rings (SSSR count). The Morgan fingerprint density at radius 2 is 2.25 bits per heavy atom. The van der Waals surface area contributed by atoms with E-state index in [1.807, 2.05) is 13.0 Å². The Hall–Kier alpha value is -1.66. The molecule has 1 aliphatic rings. The first-order valence-electron chi connectivity index (χ1n) is 6.80. The Morgan fingerprint density at radius 3 is 2.85 bits per heavy atom. The highest BCUT2D eigenvalue weighted by Gasteiger charge is 2.28. The van der Waals surface area contributed by atoms with Gasteiger partial charge in [-0.25, -0.2) is 0 Å². The number of piperidine rings is 1. The summed E-state index contributed by atoms with van der Waals surface area (Å²) in [6.07, 6.45) is 1.99. The van der Waals surface area contributed by atoms with Crippen molar-refractivity contribution in [3.05, 3.63) is 33.9 Å². The van der Waals surface area contributed by atoms with E-state index in [0.29, 0.717) is 6.54 Å². The SMILES string of the molecule is COC1CCN(c2cc(C)cc([N+](=O)[O-])c2)C(CN)C1. The van der Waals surface area contributed by atoms with Gasteiger partial charge in [0.1, 0.15) is 0 Å². The van der Waals surface area contributed by atoms with Gasteiger partial charge >= 0.3 is 0 Å². The van der Waals surface area contributed by atoms with Crippen molar-refractivity contribution in [1.29, 1.82) is 0 Å². The molecule has 0 aliphatic carbocycles. The topological polar surface area (TPSA) is 81.6 Å². The van der Waals surface area contributed by atoms with Gasteiger partial charge in [0.15, 0.2) is 0 Å². The molecule has 0 bridgehead atoms. The molecule has 2 unspecified atom stereocenters. The van der Waals surface area contributed by atoms with E-state index in [1.54, 1.807) is 19.2 Å². The van der Waals surface area contributed by atoms with Crippen LogP contribution in [0.3, 0.4) is 0 Å². The maximum absolute atomic E-state index is 11.0. The van der Waals surface area contributed by atoms with Gasteiger partial charge in [-0.1, -0.05) is 0 Å². The van der Waals surface area contributed by atoms with Crippen LogP contribution in [0.1, 0.15) is 18.4 Å². The summed E-state index contributed by atoms with van der Waals surface area (Å²) >= 11 is 0. The van der Waals surface area contributed by atoms with Crippen molar-refractivity contribution in [3.63, 3.8) is 0 Å².